The van der Waals surface area contributed by atoms with E-state index in [4.69, 9.17) is 23.2 Å². The van der Waals surface area contributed by atoms with Crippen molar-refractivity contribution in [1.29, 1.82) is 0 Å². The van der Waals surface area contributed by atoms with Crippen molar-refractivity contribution in [3.05, 3.63) is 46.7 Å². The molecule has 0 aliphatic rings. The lowest BCUT2D eigenvalue weighted by atomic mass is 10.2. The molecule has 5 heteroatoms. The van der Waals surface area contributed by atoms with Gasteiger partial charge in [-0.25, -0.2) is 4.98 Å². The Bertz CT molecular complexity index is 511. The topological polar surface area (TPSA) is 17.8 Å². The third-order valence-electron chi connectivity index (χ3n) is 2.44. The summed E-state index contributed by atoms with van der Waals surface area (Å²) in [6.07, 6.45) is 1.81. The molecule has 0 aliphatic heterocycles. The Morgan fingerprint density at radius 3 is 2.88 bits per heavy atom. The summed E-state index contributed by atoms with van der Waals surface area (Å²) < 4.78 is 2.02. The van der Waals surface area contributed by atoms with E-state index >= 15 is 0 Å². The minimum absolute atomic E-state index is 0.487. The van der Waals surface area contributed by atoms with Crippen molar-refractivity contribution in [3.8, 4) is 0 Å². The zero-order valence-electron chi connectivity index (χ0n) is 9.36. The lowest BCUT2D eigenvalue weighted by Crippen LogP contribution is -1.95. The normalized spacial score (nSPS) is 10.8. The number of benzene rings is 1. The number of halogens is 2. The smallest absolute Gasteiger partial charge is 0.168 e. The SMILES string of the molecule is Cn1c(CCl)cnc1SCc1cccc(Cl)c1. The number of nitrogens with zero attached hydrogens (tertiary/aromatic N) is 2. The molecule has 0 aliphatic carbocycles. The molecule has 0 unspecified atom stereocenters. The van der Waals surface area contributed by atoms with Gasteiger partial charge < -0.3 is 4.57 Å². The number of hydrogen-bond donors (Lipinski definition) is 0. The molecule has 17 heavy (non-hydrogen) atoms. The second-order valence-electron chi connectivity index (χ2n) is 3.64. The predicted octanol–water partition coefficient (Wildman–Crippen LogP) is 4.10. The average Bonchev–Trinajstić information content (AvgIpc) is 2.67. The first-order chi connectivity index (χ1) is 8.20. The van der Waals surface area contributed by atoms with Crippen LogP contribution in [0.1, 0.15) is 11.3 Å². The molecule has 2 rings (SSSR count). The standard InChI is InChI=1S/C12H12Cl2N2S/c1-16-11(6-13)7-15-12(16)17-8-9-3-2-4-10(14)5-9/h2-5,7H,6,8H2,1H3. The second-order valence-corrected chi connectivity index (χ2v) is 5.29. The first-order valence-electron chi connectivity index (χ1n) is 5.14. The number of rotatable bonds is 4. The van der Waals surface area contributed by atoms with Crippen LogP contribution in [0.5, 0.6) is 0 Å². The molecule has 1 aromatic carbocycles. The zero-order chi connectivity index (χ0) is 12.3. The van der Waals surface area contributed by atoms with Crippen molar-refractivity contribution in [2.75, 3.05) is 0 Å². The van der Waals surface area contributed by atoms with Gasteiger partial charge in [0.25, 0.3) is 0 Å². The van der Waals surface area contributed by atoms with Crippen LogP contribution in [0.15, 0.2) is 35.6 Å². The zero-order valence-corrected chi connectivity index (χ0v) is 11.7. The Morgan fingerprint density at radius 2 is 2.24 bits per heavy atom. The molecular weight excluding hydrogens is 275 g/mol. The minimum Gasteiger partial charge on any atom is -0.325 e. The Morgan fingerprint density at radius 1 is 1.41 bits per heavy atom. The largest absolute Gasteiger partial charge is 0.325 e. The van der Waals surface area contributed by atoms with Crippen LogP contribution < -0.4 is 0 Å². The van der Waals surface area contributed by atoms with Crippen LogP contribution >= 0.6 is 35.0 Å². The minimum atomic E-state index is 0.487. The fraction of sp³-hybridized carbons (Fsp3) is 0.250. The van der Waals surface area contributed by atoms with Crippen molar-refractivity contribution in [2.45, 2.75) is 16.8 Å². The molecule has 0 atom stereocenters. The van der Waals surface area contributed by atoms with Crippen LogP contribution in [0.25, 0.3) is 0 Å². The predicted molar refractivity (Wildman–Crippen MR) is 73.8 cm³/mol. The molecule has 1 aromatic heterocycles. The van der Waals surface area contributed by atoms with Gasteiger partial charge >= 0.3 is 0 Å². The maximum atomic E-state index is 5.94. The van der Waals surface area contributed by atoms with Gasteiger partial charge in [-0.05, 0) is 17.7 Å². The molecule has 1 heterocycles. The fourth-order valence-corrected chi connectivity index (χ4v) is 2.83. The summed E-state index contributed by atoms with van der Waals surface area (Å²) in [5.41, 5.74) is 2.22. The van der Waals surface area contributed by atoms with Gasteiger partial charge in [0.2, 0.25) is 0 Å². The van der Waals surface area contributed by atoms with Crippen molar-refractivity contribution in [3.63, 3.8) is 0 Å². The summed E-state index contributed by atoms with van der Waals surface area (Å²) in [5, 5.41) is 1.74. The number of alkyl halides is 1. The van der Waals surface area contributed by atoms with Crippen LogP contribution in [0, 0.1) is 0 Å². The Hall–Kier alpha value is -0.640. The lowest BCUT2D eigenvalue weighted by Gasteiger charge is -2.04. The summed E-state index contributed by atoms with van der Waals surface area (Å²) >= 11 is 13.4. The van der Waals surface area contributed by atoms with Crippen molar-refractivity contribution < 1.29 is 0 Å². The number of hydrogen-bond acceptors (Lipinski definition) is 2. The molecular formula is C12H12Cl2N2S. The fourth-order valence-electron chi connectivity index (χ4n) is 1.46. The maximum absolute atomic E-state index is 5.94. The second kappa shape index (κ2) is 5.80. The molecule has 2 nitrogen and oxygen atoms in total. The van der Waals surface area contributed by atoms with E-state index in [1.54, 1.807) is 11.8 Å². The monoisotopic (exact) mass is 286 g/mol. The third-order valence-corrected chi connectivity index (χ3v) is 4.06. The van der Waals surface area contributed by atoms with Gasteiger partial charge in [-0.1, -0.05) is 35.5 Å². The molecule has 0 saturated carbocycles. The van der Waals surface area contributed by atoms with Gasteiger partial charge in [0.15, 0.2) is 5.16 Å². The maximum Gasteiger partial charge on any atom is 0.168 e. The Kier molecular flexibility index (Phi) is 4.37. The van der Waals surface area contributed by atoms with Crippen LogP contribution in [0.4, 0.5) is 0 Å². The molecule has 0 bridgehead atoms. The van der Waals surface area contributed by atoms with Gasteiger partial charge in [0.1, 0.15) is 0 Å². The van der Waals surface area contributed by atoms with Gasteiger partial charge in [-0.2, -0.15) is 0 Å². The van der Waals surface area contributed by atoms with Gasteiger partial charge in [0.05, 0.1) is 17.8 Å². The Labute approximate surface area is 115 Å². The van der Waals surface area contributed by atoms with E-state index in [1.165, 1.54) is 5.56 Å². The quantitative estimate of drug-likeness (QED) is 0.622. The van der Waals surface area contributed by atoms with E-state index in [-0.39, 0.29) is 0 Å². The highest BCUT2D eigenvalue weighted by molar-refractivity contribution is 7.98. The van der Waals surface area contributed by atoms with Gasteiger partial charge in [0, 0.05) is 17.8 Å². The van der Waals surface area contributed by atoms with Crippen molar-refractivity contribution >= 4 is 35.0 Å². The van der Waals surface area contributed by atoms with E-state index in [9.17, 15) is 0 Å². The summed E-state index contributed by atoms with van der Waals surface area (Å²) in [5.74, 6) is 1.34. The van der Waals surface area contributed by atoms with Crippen molar-refractivity contribution in [1.82, 2.24) is 9.55 Å². The molecule has 0 N–H and O–H groups in total. The molecule has 0 radical (unpaired) electrons. The number of aromatic nitrogens is 2. The van der Waals surface area contributed by atoms with E-state index in [1.807, 2.05) is 36.0 Å². The highest BCUT2D eigenvalue weighted by Crippen LogP contribution is 2.23. The molecule has 0 fully saturated rings. The van der Waals surface area contributed by atoms with E-state index in [2.05, 4.69) is 11.1 Å². The highest BCUT2D eigenvalue weighted by Gasteiger charge is 2.06. The Balaban J connectivity index is 2.05. The van der Waals surface area contributed by atoms with E-state index in [0.717, 1.165) is 21.6 Å². The third kappa shape index (κ3) is 3.18. The molecule has 2 aromatic rings. The molecule has 0 amide bonds. The first kappa shape index (κ1) is 12.8. The van der Waals surface area contributed by atoms with Gasteiger partial charge in [-0.15, -0.1) is 11.6 Å². The van der Waals surface area contributed by atoms with Gasteiger partial charge in [-0.3, -0.25) is 0 Å². The molecule has 90 valence electrons. The van der Waals surface area contributed by atoms with E-state index in [0.29, 0.717) is 5.88 Å². The summed E-state index contributed by atoms with van der Waals surface area (Å²) in [6.45, 7) is 0. The molecule has 0 saturated heterocycles. The number of imidazole rings is 1. The van der Waals surface area contributed by atoms with Crippen LogP contribution in [0.2, 0.25) is 5.02 Å². The average molecular weight is 287 g/mol. The lowest BCUT2D eigenvalue weighted by molar-refractivity contribution is 0.761. The number of thioether (sulfide) groups is 1. The summed E-state index contributed by atoms with van der Waals surface area (Å²) in [6, 6.07) is 7.87. The highest BCUT2D eigenvalue weighted by atomic mass is 35.5. The van der Waals surface area contributed by atoms with Crippen LogP contribution in [0.3, 0.4) is 0 Å². The summed E-state index contributed by atoms with van der Waals surface area (Å²) in [4.78, 5) is 4.33. The van der Waals surface area contributed by atoms with E-state index < -0.39 is 0 Å². The van der Waals surface area contributed by atoms with Crippen LogP contribution in [-0.4, -0.2) is 9.55 Å². The van der Waals surface area contributed by atoms with Crippen LogP contribution in [-0.2, 0) is 18.7 Å². The van der Waals surface area contributed by atoms with Crippen molar-refractivity contribution in [2.24, 2.45) is 7.05 Å². The molecule has 0 spiro atoms. The summed E-state index contributed by atoms with van der Waals surface area (Å²) in [7, 11) is 1.98. The first-order valence-corrected chi connectivity index (χ1v) is 7.04.